The smallest absolute Gasteiger partial charge is 0.347 e. The summed E-state index contributed by atoms with van der Waals surface area (Å²) < 4.78 is 17.2. The molecule has 184 valence electrons. The summed E-state index contributed by atoms with van der Waals surface area (Å²) in [7, 11) is 0. The highest BCUT2D eigenvalue weighted by Crippen LogP contribution is 2.43. The lowest BCUT2D eigenvalue weighted by Gasteiger charge is -2.21. The minimum Gasteiger partial charge on any atom is -0.492 e. The molecule has 1 aliphatic carbocycles. The predicted molar refractivity (Wildman–Crippen MR) is 133 cm³/mol. The number of carbonyl (C=O) groups is 1. The van der Waals surface area contributed by atoms with E-state index in [-0.39, 0.29) is 11.4 Å². The minimum absolute atomic E-state index is 0.0608. The molecule has 4 atom stereocenters. The SMILES string of the molecule is CCOC(=O)[C@H](Cc1ccc(OCCN2C[C@@H]3[C@@H](N)[C@@H]3C2)cc1)Oc1ccc(C(C)(C)C)cc1. The molecule has 0 bridgehead atoms. The van der Waals surface area contributed by atoms with Crippen LogP contribution in [0.15, 0.2) is 48.5 Å². The first-order valence-corrected chi connectivity index (χ1v) is 12.4. The monoisotopic (exact) mass is 466 g/mol. The van der Waals surface area contributed by atoms with Gasteiger partial charge in [-0.3, -0.25) is 4.90 Å². The Morgan fingerprint density at radius 3 is 2.24 bits per heavy atom. The first-order valence-electron chi connectivity index (χ1n) is 12.4. The third kappa shape index (κ3) is 6.10. The Balaban J connectivity index is 1.30. The molecule has 1 saturated heterocycles. The third-order valence-electron chi connectivity index (χ3n) is 6.90. The van der Waals surface area contributed by atoms with E-state index in [2.05, 4.69) is 25.7 Å². The number of hydrogen-bond acceptors (Lipinski definition) is 6. The van der Waals surface area contributed by atoms with Crippen LogP contribution in [0.4, 0.5) is 0 Å². The molecule has 0 aromatic heterocycles. The molecule has 2 fully saturated rings. The number of benzene rings is 2. The molecule has 0 amide bonds. The average molecular weight is 467 g/mol. The maximum atomic E-state index is 12.6. The van der Waals surface area contributed by atoms with Gasteiger partial charge in [0.2, 0.25) is 0 Å². The lowest BCUT2D eigenvalue weighted by Crippen LogP contribution is -2.32. The first kappa shape index (κ1) is 24.6. The molecule has 0 spiro atoms. The van der Waals surface area contributed by atoms with E-state index in [9.17, 15) is 4.79 Å². The number of hydrogen-bond donors (Lipinski definition) is 1. The Morgan fingerprint density at radius 2 is 1.65 bits per heavy atom. The van der Waals surface area contributed by atoms with Crippen LogP contribution in [0, 0.1) is 11.8 Å². The molecule has 1 aliphatic heterocycles. The van der Waals surface area contributed by atoms with E-state index in [0.29, 0.717) is 43.3 Å². The average Bonchev–Trinajstić information content (AvgIpc) is 3.18. The zero-order valence-electron chi connectivity index (χ0n) is 20.8. The Kier molecular flexibility index (Phi) is 7.48. The van der Waals surface area contributed by atoms with Crippen molar-refractivity contribution in [2.75, 3.05) is 32.8 Å². The Bertz CT molecular complexity index is 940. The second-order valence-electron chi connectivity index (χ2n) is 10.5. The van der Waals surface area contributed by atoms with E-state index in [4.69, 9.17) is 19.9 Å². The summed E-state index contributed by atoms with van der Waals surface area (Å²) in [6, 6.07) is 16.2. The maximum absolute atomic E-state index is 12.6. The molecular weight excluding hydrogens is 428 g/mol. The van der Waals surface area contributed by atoms with Gasteiger partial charge in [-0.25, -0.2) is 4.79 Å². The summed E-state index contributed by atoms with van der Waals surface area (Å²) in [5.74, 6) is 2.53. The zero-order chi connectivity index (χ0) is 24.3. The van der Waals surface area contributed by atoms with E-state index >= 15 is 0 Å². The number of nitrogens with zero attached hydrogens (tertiary/aromatic N) is 1. The number of carbonyl (C=O) groups excluding carboxylic acids is 1. The van der Waals surface area contributed by atoms with Crippen LogP contribution in [0.2, 0.25) is 0 Å². The van der Waals surface area contributed by atoms with Crippen LogP contribution in [0.25, 0.3) is 0 Å². The largest absolute Gasteiger partial charge is 0.492 e. The van der Waals surface area contributed by atoms with Gasteiger partial charge in [0.25, 0.3) is 0 Å². The molecule has 4 rings (SSSR count). The summed E-state index contributed by atoms with van der Waals surface area (Å²) in [5.41, 5.74) is 8.27. The van der Waals surface area contributed by atoms with Crippen molar-refractivity contribution in [1.82, 2.24) is 4.90 Å². The van der Waals surface area contributed by atoms with Crippen LogP contribution < -0.4 is 15.2 Å². The standard InChI is InChI=1S/C28H38N2O4/c1-5-32-27(31)25(34-22-12-8-20(9-13-22)28(2,3)4)16-19-6-10-21(11-7-19)33-15-14-30-17-23-24(18-30)26(23)29/h6-13,23-26H,5,14-18,29H2,1-4H3/t23-,24+,25-,26+/m0/s1. The first-order chi connectivity index (χ1) is 16.2. The van der Waals surface area contributed by atoms with Crippen molar-refractivity contribution in [1.29, 1.82) is 0 Å². The number of ether oxygens (including phenoxy) is 3. The van der Waals surface area contributed by atoms with Crippen molar-refractivity contribution in [3.05, 3.63) is 59.7 Å². The Hall–Kier alpha value is -2.57. The van der Waals surface area contributed by atoms with Crippen molar-refractivity contribution in [3.8, 4) is 11.5 Å². The normalized spacial score (nSPS) is 22.7. The van der Waals surface area contributed by atoms with Gasteiger partial charge >= 0.3 is 5.97 Å². The zero-order valence-corrected chi connectivity index (χ0v) is 20.8. The van der Waals surface area contributed by atoms with Crippen LogP contribution in [0.3, 0.4) is 0 Å². The molecule has 1 heterocycles. The van der Waals surface area contributed by atoms with Crippen molar-refractivity contribution >= 4 is 5.97 Å². The van der Waals surface area contributed by atoms with Gasteiger partial charge in [-0.2, -0.15) is 0 Å². The maximum Gasteiger partial charge on any atom is 0.347 e. The van der Waals surface area contributed by atoms with Gasteiger partial charge in [0.05, 0.1) is 6.61 Å². The third-order valence-corrected chi connectivity index (χ3v) is 6.90. The molecular formula is C28H38N2O4. The lowest BCUT2D eigenvalue weighted by molar-refractivity contribution is -0.151. The number of esters is 1. The van der Waals surface area contributed by atoms with Crippen molar-refractivity contribution in [3.63, 3.8) is 0 Å². The van der Waals surface area contributed by atoms with Crippen LogP contribution in [0.5, 0.6) is 11.5 Å². The molecule has 2 aliphatic rings. The topological polar surface area (TPSA) is 74.0 Å². The van der Waals surface area contributed by atoms with E-state index < -0.39 is 6.10 Å². The Labute approximate surface area is 203 Å². The summed E-state index contributed by atoms with van der Waals surface area (Å²) in [6.45, 7) is 12.4. The van der Waals surface area contributed by atoms with Gasteiger partial charge in [-0.1, -0.05) is 45.0 Å². The van der Waals surface area contributed by atoms with Crippen molar-refractivity contribution in [2.45, 2.75) is 51.7 Å². The molecule has 6 nitrogen and oxygen atoms in total. The van der Waals surface area contributed by atoms with Crippen LogP contribution in [-0.4, -0.2) is 55.9 Å². The second kappa shape index (κ2) is 10.4. The predicted octanol–water partition coefficient (Wildman–Crippen LogP) is 3.81. The van der Waals surface area contributed by atoms with Crippen LogP contribution >= 0.6 is 0 Å². The number of fused-ring (bicyclic) bond motifs is 1. The molecule has 2 aromatic carbocycles. The highest BCUT2D eigenvalue weighted by molar-refractivity contribution is 5.75. The number of likely N-dealkylation sites (tertiary alicyclic amines) is 1. The van der Waals surface area contributed by atoms with Gasteiger partial charge in [-0.05, 0) is 59.6 Å². The fourth-order valence-corrected chi connectivity index (χ4v) is 4.68. The fourth-order valence-electron chi connectivity index (χ4n) is 4.68. The molecule has 0 unspecified atom stereocenters. The van der Waals surface area contributed by atoms with Crippen LogP contribution in [-0.2, 0) is 21.4 Å². The lowest BCUT2D eigenvalue weighted by atomic mass is 9.87. The van der Waals surface area contributed by atoms with E-state index in [1.54, 1.807) is 6.92 Å². The van der Waals surface area contributed by atoms with E-state index in [1.165, 1.54) is 5.56 Å². The minimum atomic E-state index is -0.708. The van der Waals surface area contributed by atoms with Crippen molar-refractivity contribution in [2.24, 2.45) is 17.6 Å². The number of nitrogens with two attached hydrogens (primary N) is 1. The fraction of sp³-hybridized carbons (Fsp3) is 0.536. The molecule has 6 heteroatoms. The van der Waals surface area contributed by atoms with E-state index in [1.807, 2.05) is 48.5 Å². The van der Waals surface area contributed by atoms with Gasteiger partial charge < -0.3 is 19.9 Å². The molecule has 2 aromatic rings. The Morgan fingerprint density at radius 1 is 1.03 bits per heavy atom. The van der Waals surface area contributed by atoms with Gasteiger partial charge in [0.1, 0.15) is 18.1 Å². The quantitative estimate of drug-likeness (QED) is 0.537. The summed E-state index contributed by atoms with van der Waals surface area (Å²) in [4.78, 5) is 15.0. The van der Waals surface area contributed by atoms with Crippen LogP contribution in [0.1, 0.15) is 38.8 Å². The van der Waals surface area contributed by atoms with Gasteiger partial charge in [0, 0.05) is 32.1 Å². The molecule has 1 saturated carbocycles. The molecule has 2 N–H and O–H groups in total. The molecule has 34 heavy (non-hydrogen) atoms. The summed E-state index contributed by atoms with van der Waals surface area (Å²) >= 11 is 0. The highest BCUT2D eigenvalue weighted by Gasteiger charge is 2.53. The molecule has 0 radical (unpaired) electrons. The summed E-state index contributed by atoms with van der Waals surface area (Å²) in [5, 5.41) is 0. The highest BCUT2D eigenvalue weighted by atomic mass is 16.6. The van der Waals surface area contributed by atoms with Crippen molar-refractivity contribution < 1.29 is 19.0 Å². The van der Waals surface area contributed by atoms with E-state index in [0.717, 1.165) is 30.9 Å². The van der Waals surface area contributed by atoms with Gasteiger partial charge in [-0.15, -0.1) is 0 Å². The summed E-state index contributed by atoms with van der Waals surface area (Å²) in [6.07, 6.45) is -0.281. The van der Waals surface area contributed by atoms with Gasteiger partial charge in [0.15, 0.2) is 6.10 Å². The number of rotatable bonds is 10. The second-order valence-corrected chi connectivity index (χ2v) is 10.5. The number of piperidine rings is 1.